The van der Waals surface area contributed by atoms with Crippen LogP contribution < -0.4 is 10.2 Å². The van der Waals surface area contributed by atoms with Crippen LogP contribution in [-0.2, 0) is 17.6 Å². The Bertz CT molecular complexity index is 950. The maximum Gasteiger partial charge on any atom is 0.224 e. The molecule has 3 aromatic rings. The normalized spacial score (nSPS) is 15.2. The number of nitrogens with zero attached hydrogens (tertiary/aromatic N) is 1. The Kier molecular flexibility index (Phi) is 5.95. The molecule has 1 N–H and O–H groups in total. The summed E-state index contributed by atoms with van der Waals surface area (Å²) in [7, 11) is 0. The van der Waals surface area contributed by atoms with Gasteiger partial charge in [0.05, 0.1) is 6.42 Å². The van der Waals surface area contributed by atoms with Crippen LogP contribution in [0, 0.1) is 0 Å². The van der Waals surface area contributed by atoms with Crippen molar-refractivity contribution in [3.05, 3.63) is 90.0 Å². The summed E-state index contributed by atoms with van der Waals surface area (Å²) in [6.45, 7) is 3.97. The second kappa shape index (κ2) is 8.95. The Labute approximate surface area is 173 Å². The minimum absolute atomic E-state index is 0.0901. The molecule has 1 aliphatic heterocycles. The average Bonchev–Trinajstić information content (AvgIpc) is 3.07. The van der Waals surface area contributed by atoms with E-state index in [2.05, 4.69) is 65.7 Å². The first kappa shape index (κ1) is 19.3. The Morgan fingerprint density at radius 3 is 2.41 bits per heavy atom. The molecule has 29 heavy (non-hydrogen) atoms. The van der Waals surface area contributed by atoms with Gasteiger partial charge in [-0.25, -0.2) is 0 Å². The first-order valence-corrected chi connectivity index (χ1v) is 10.5. The largest absolute Gasteiger partial charge is 0.368 e. The van der Waals surface area contributed by atoms with E-state index in [-0.39, 0.29) is 5.91 Å². The number of carbonyl (C=O) groups excluding carboxylic acids is 1. The van der Waals surface area contributed by atoms with Gasteiger partial charge in [0, 0.05) is 24.8 Å². The Hall–Kier alpha value is -3.07. The van der Waals surface area contributed by atoms with Crippen LogP contribution in [0.5, 0.6) is 0 Å². The molecule has 0 fully saturated rings. The van der Waals surface area contributed by atoms with E-state index in [0.717, 1.165) is 24.9 Å². The predicted molar refractivity (Wildman–Crippen MR) is 120 cm³/mol. The van der Waals surface area contributed by atoms with Gasteiger partial charge in [-0.1, -0.05) is 72.8 Å². The van der Waals surface area contributed by atoms with E-state index in [4.69, 9.17) is 0 Å². The van der Waals surface area contributed by atoms with E-state index in [0.29, 0.717) is 19.0 Å². The van der Waals surface area contributed by atoms with Gasteiger partial charge in [-0.2, -0.15) is 0 Å². The number of fused-ring (bicyclic) bond motifs is 1. The third-order valence-electron chi connectivity index (χ3n) is 5.67. The van der Waals surface area contributed by atoms with Crippen LogP contribution in [0.2, 0.25) is 0 Å². The smallest absolute Gasteiger partial charge is 0.224 e. The fourth-order valence-corrected chi connectivity index (χ4v) is 4.14. The first-order chi connectivity index (χ1) is 14.2. The van der Waals surface area contributed by atoms with Crippen LogP contribution in [-0.4, -0.2) is 25.0 Å². The lowest BCUT2D eigenvalue weighted by Gasteiger charge is -2.24. The van der Waals surface area contributed by atoms with Crippen LogP contribution in [0.4, 0.5) is 5.69 Å². The fraction of sp³-hybridized carbons (Fsp3) is 0.269. The summed E-state index contributed by atoms with van der Waals surface area (Å²) in [6.07, 6.45) is 2.50. The number of nitrogens with one attached hydrogen (secondary N) is 1. The van der Waals surface area contributed by atoms with Crippen molar-refractivity contribution in [2.75, 3.05) is 18.0 Å². The van der Waals surface area contributed by atoms with Crippen LogP contribution in [0.15, 0.2) is 78.9 Å². The number of hydrogen-bond acceptors (Lipinski definition) is 2. The molecule has 0 bridgehead atoms. The maximum atomic E-state index is 12.3. The van der Waals surface area contributed by atoms with Gasteiger partial charge in [0.2, 0.25) is 5.91 Å². The standard InChI is InChI=1S/C26H28N2O/c1-20-18-24-10-5-6-11-25(24)28(20)17-7-16-27-26(29)19-21-12-14-23(15-13-21)22-8-3-2-4-9-22/h2-6,8-15,20H,7,16-19H2,1H3,(H,27,29)/t20-/m0/s1. The zero-order valence-electron chi connectivity index (χ0n) is 17.0. The second-order valence-electron chi connectivity index (χ2n) is 7.82. The van der Waals surface area contributed by atoms with Crippen LogP contribution in [0.3, 0.4) is 0 Å². The molecule has 3 aromatic carbocycles. The van der Waals surface area contributed by atoms with Crippen LogP contribution >= 0.6 is 0 Å². The average molecular weight is 385 g/mol. The van der Waals surface area contributed by atoms with Crippen molar-refractivity contribution < 1.29 is 4.79 Å². The highest BCUT2D eigenvalue weighted by atomic mass is 16.1. The minimum atomic E-state index is 0.0901. The highest BCUT2D eigenvalue weighted by Gasteiger charge is 2.24. The lowest BCUT2D eigenvalue weighted by atomic mass is 10.0. The van der Waals surface area contributed by atoms with Gasteiger partial charge in [0.15, 0.2) is 0 Å². The molecule has 1 amide bonds. The molecule has 1 heterocycles. The molecule has 3 nitrogen and oxygen atoms in total. The summed E-state index contributed by atoms with van der Waals surface area (Å²) >= 11 is 0. The minimum Gasteiger partial charge on any atom is -0.368 e. The number of amides is 1. The molecule has 0 radical (unpaired) electrons. The SMILES string of the molecule is C[C@H]1Cc2ccccc2N1CCCNC(=O)Cc1ccc(-c2ccccc2)cc1. The Balaban J connectivity index is 1.23. The molecule has 1 aliphatic rings. The topological polar surface area (TPSA) is 32.3 Å². The third-order valence-corrected chi connectivity index (χ3v) is 5.67. The van der Waals surface area contributed by atoms with E-state index in [1.54, 1.807) is 0 Å². The summed E-state index contributed by atoms with van der Waals surface area (Å²) in [5, 5.41) is 3.07. The van der Waals surface area contributed by atoms with Crippen molar-refractivity contribution in [3.63, 3.8) is 0 Å². The first-order valence-electron chi connectivity index (χ1n) is 10.5. The quantitative estimate of drug-likeness (QED) is 0.591. The molecule has 0 aliphatic carbocycles. The van der Waals surface area contributed by atoms with Gasteiger partial charge >= 0.3 is 0 Å². The summed E-state index contributed by atoms with van der Waals surface area (Å²) in [5.74, 6) is 0.0901. The van der Waals surface area contributed by atoms with Crippen LogP contribution in [0.25, 0.3) is 11.1 Å². The van der Waals surface area contributed by atoms with Gasteiger partial charge in [0.25, 0.3) is 0 Å². The predicted octanol–water partition coefficient (Wildman–Crippen LogP) is 4.85. The summed E-state index contributed by atoms with van der Waals surface area (Å²) in [4.78, 5) is 14.8. The molecule has 0 aromatic heterocycles. The molecule has 0 saturated carbocycles. The zero-order chi connectivity index (χ0) is 20.1. The van der Waals surface area contributed by atoms with Crippen molar-refractivity contribution in [1.82, 2.24) is 5.32 Å². The number of benzene rings is 3. The summed E-state index contributed by atoms with van der Waals surface area (Å²) in [6, 6.07) is 27.7. The highest BCUT2D eigenvalue weighted by Crippen LogP contribution is 2.31. The van der Waals surface area contributed by atoms with E-state index in [1.165, 1.54) is 22.4 Å². The number of hydrogen-bond donors (Lipinski definition) is 1. The summed E-state index contributed by atoms with van der Waals surface area (Å²) < 4.78 is 0. The van der Waals surface area contributed by atoms with Crippen molar-refractivity contribution in [3.8, 4) is 11.1 Å². The lowest BCUT2D eigenvalue weighted by Crippen LogP contribution is -2.33. The molecule has 148 valence electrons. The monoisotopic (exact) mass is 384 g/mol. The van der Waals surface area contributed by atoms with E-state index >= 15 is 0 Å². The lowest BCUT2D eigenvalue weighted by molar-refractivity contribution is -0.120. The number of rotatable bonds is 7. The third kappa shape index (κ3) is 4.68. The summed E-state index contributed by atoms with van der Waals surface area (Å²) in [5.41, 5.74) is 6.20. The van der Waals surface area contributed by atoms with Gasteiger partial charge in [0.1, 0.15) is 0 Å². The molecule has 3 heteroatoms. The van der Waals surface area contributed by atoms with Crippen molar-refractivity contribution >= 4 is 11.6 Å². The number of carbonyl (C=O) groups is 1. The molecule has 0 spiro atoms. The molecule has 1 atom stereocenters. The van der Waals surface area contributed by atoms with E-state index in [9.17, 15) is 4.79 Å². The molecular weight excluding hydrogens is 356 g/mol. The van der Waals surface area contributed by atoms with Crippen LogP contribution in [0.1, 0.15) is 24.5 Å². The fourth-order valence-electron chi connectivity index (χ4n) is 4.14. The zero-order valence-corrected chi connectivity index (χ0v) is 17.0. The number of anilines is 1. The Morgan fingerprint density at radius 1 is 0.931 bits per heavy atom. The van der Waals surface area contributed by atoms with Gasteiger partial charge in [-0.05, 0) is 48.1 Å². The molecule has 0 unspecified atom stereocenters. The number of para-hydroxylation sites is 1. The van der Waals surface area contributed by atoms with E-state index < -0.39 is 0 Å². The van der Waals surface area contributed by atoms with Gasteiger partial charge in [-0.15, -0.1) is 0 Å². The van der Waals surface area contributed by atoms with Crippen molar-refractivity contribution in [2.45, 2.75) is 32.2 Å². The molecule has 0 saturated heterocycles. The van der Waals surface area contributed by atoms with Crippen molar-refractivity contribution in [1.29, 1.82) is 0 Å². The van der Waals surface area contributed by atoms with Crippen molar-refractivity contribution in [2.24, 2.45) is 0 Å². The van der Waals surface area contributed by atoms with Gasteiger partial charge < -0.3 is 10.2 Å². The van der Waals surface area contributed by atoms with Gasteiger partial charge in [-0.3, -0.25) is 4.79 Å². The maximum absolute atomic E-state index is 12.3. The molecular formula is C26H28N2O. The van der Waals surface area contributed by atoms with E-state index in [1.807, 2.05) is 30.3 Å². The molecule has 4 rings (SSSR count). The second-order valence-corrected chi connectivity index (χ2v) is 7.82. The Morgan fingerprint density at radius 2 is 1.62 bits per heavy atom. The highest BCUT2D eigenvalue weighted by molar-refractivity contribution is 5.78.